The first-order valence-electron chi connectivity index (χ1n) is 6.88. The van der Waals surface area contributed by atoms with Crippen molar-refractivity contribution >= 4 is 5.91 Å². The highest BCUT2D eigenvalue weighted by atomic mass is 19.1. The van der Waals surface area contributed by atoms with Crippen LogP contribution in [0.3, 0.4) is 0 Å². The van der Waals surface area contributed by atoms with Gasteiger partial charge in [0.25, 0.3) is 5.91 Å². The zero-order valence-electron chi connectivity index (χ0n) is 11.6. The summed E-state index contributed by atoms with van der Waals surface area (Å²) in [6.45, 7) is 2.94. The van der Waals surface area contributed by atoms with Gasteiger partial charge >= 0.3 is 0 Å². The Hall–Kier alpha value is -1.86. The zero-order valence-corrected chi connectivity index (χ0v) is 11.6. The highest BCUT2D eigenvalue weighted by Crippen LogP contribution is 2.36. The molecule has 1 aromatic rings. The van der Waals surface area contributed by atoms with E-state index in [9.17, 15) is 9.18 Å². The van der Waals surface area contributed by atoms with E-state index in [-0.39, 0.29) is 18.0 Å². The van der Waals surface area contributed by atoms with Crippen molar-refractivity contribution in [3.63, 3.8) is 0 Å². The molecule has 0 aromatic heterocycles. The molecule has 2 rings (SSSR count). The van der Waals surface area contributed by atoms with Crippen LogP contribution in [0.15, 0.2) is 18.2 Å². The number of carbonyl (C=O) groups excluding carboxylic acids is 1. The van der Waals surface area contributed by atoms with Crippen molar-refractivity contribution in [3.05, 3.63) is 35.1 Å². The van der Waals surface area contributed by atoms with E-state index in [4.69, 9.17) is 5.73 Å². The number of nitrogens with two attached hydrogens (primary N) is 1. The summed E-state index contributed by atoms with van der Waals surface area (Å²) < 4.78 is 13.3. The molecular formula is C16H19FN2O. The monoisotopic (exact) mass is 274 g/mol. The quantitative estimate of drug-likeness (QED) is 0.824. The number of benzene rings is 1. The van der Waals surface area contributed by atoms with E-state index in [0.29, 0.717) is 18.0 Å². The molecule has 1 aromatic carbocycles. The van der Waals surface area contributed by atoms with Gasteiger partial charge in [-0.15, -0.1) is 0 Å². The van der Waals surface area contributed by atoms with Crippen LogP contribution in [-0.2, 0) is 0 Å². The SMILES string of the molecule is CC(CNC(=O)c1cc(F)ccc1C#CCN)C1CC1. The lowest BCUT2D eigenvalue weighted by Crippen LogP contribution is -2.29. The van der Waals surface area contributed by atoms with E-state index in [1.54, 1.807) is 0 Å². The van der Waals surface area contributed by atoms with Gasteiger partial charge in [0.05, 0.1) is 12.1 Å². The van der Waals surface area contributed by atoms with Crippen LogP contribution in [0.1, 0.15) is 35.7 Å². The van der Waals surface area contributed by atoms with Crippen LogP contribution in [0.4, 0.5) is 4.39 Å². The van der Waals surface area contributed by atoms with Gasteiger partial charge < -0.3 is 11.1 Å². The van der Waals surface area contributed by atoms with E-state index in [1.165, 1.54) is 31.0 Å². The van der Waals surface area contributed by atoms with Gasteiger partial charge in [-0.3, -0.25) is 4.79 Å². The Morgan fingerprint density at radius 1 is 1.55 bits per heavy atom. The van der Waals surface area contributed by atoms with Crippen molar-refractivity contribution in [3.8, 4) is 11.8 Å². The Balaban J connectivity index is 2.08. The summed E-state index contributed by atoms with van der Waals surface area (Å²) in [7, 11) is 0. The van der Waals surface area contributed by atoms with Crippen LogP contribution in [0.2, 0.25) is 0 Å². The first-order chi connectivity index (χ1) is 9.61. The van der Waals surface area contributed by atoms with Crippen LogP contribution >= 0.6 is 0 Å². The Bertz CT molecular complexity index is 555. The minimum Gasteiger partial charge on any atom is -0.352 e. The third-order valence-electron chi connectivity index (χ3n) is 3.56. The number of rotatable bonds is 4. The molecule has 0 heterocycles. The van der Waals surface area contributed by atoms with Gasteiger partial charge in [-0.1, -0.05) is 18.8 Å². The largest absolute Gasteiger partial charge is 0.352 e. The van der Waals surface area contributed by atoms with Gasteiger partial charge in [0.1, 0.15) is 5.82 Å². The summed E-state index contributed by atoms with van der Waals surface area (Å²) in [5.41, 5.74) is 6.10. The fraction of sp³-hybridized carbons (Fsp3) is 0.438. The molecule has 20 heavy (non-hydrogen) atoms. The van der Waals surface area contributed by atoms with Gasteiger partial charge in [-0.05, 0) is 42.9 Å². The molecule has 0 bridgehead atoms. The third kappa shape index (κ3) is 3.82. The molecule has 106 valence electrons. The molecule has 4 heteroatoms. The maximum Gasteiger partial charge on any atom is 0.252 e. The van der Waals surface area contributed by atoms with Gasteiger partial charge in [-0.25, -0.2) is 4.39 Å². The Morgan fingerprint density at radius 3 is 2.95 bits per heavy atom. The summed E-state index contributed by atoms with van der Waals surface area (Å²) >= 11 is 0. The highest BCUT2D eigenvalue weighted by molar-refractivity contribution is 5.96. The molecule has 3 N–H and O–H groups in total. The van der Waals surface area contributed by atoms with Crippen LogP contribution in [0.5, 0.6) is 0 Å². The lowest BCUT2D eigenvalue weighted by atomic mass is 10.0. The van der Waals surface area contributed by atoms with Gasteiger partial charge in [0.2, 0.25) is 0 Å². The Kier molecular flexibility index (Phi) is 4.75. The summed E-state index contributed by atoms with van der Waals surface area (Å²) in [6.07, 6.45) is 2.48. The normalized spacial score (nSPS) is 15.2. The van der Waals surface area contributed by atoms with Crippen LogP contribution in [0.25, 0.3) is 0 Å². The Labute approximate surface area is 118 Å². The smallest absolute Gasteiger partial charge is 0.252 e. The number of nitrogens with one attached hydrogen (secondary N) is 1. The number of amides is 1. The zero-order chi connectivity index (χ0) is 14.5. The molecule has 1 unspecified atom stereocenters. The minimum atomic E-state index is -0.441. The van der Waals surface area contributed by atoms with Crippen molar-refractivity contribution in [2.45, 2.75) is 19.8 Å². The lowest BCUT2D eigenvalue weighted by Gasteiger charge is -2.12. The molecule has 1 aliphatic rings. The van der Waals surface area contributed by atoms with Crippen molar-refractivity contribution in [1.29, 1.82) is 0 Å². The van der Waals surface area contributed by atoms with Crippen molar-refractivity contribution < 1.29 is 9.18 Å². The maximum atomic E-state index is 13.3. The second-order valence-corrected chi connectivity index (χ2v) is 5.22. The van der Waals surface area contributed by atoms with Gasteiger partial charge in [0, 0.05) is 12.1 Å². The molecule has 1 aliphatic carbocycles. The molecule has 1 fully saturated rings. The van der Waals surface area contributed by atoms with E-state index in [1.807, 2.05) is 0 Å². The number of halogens is 1. The van der Waals surface area contributed by atoms with Crippen molar-refractivity contribution in [2.24, 2.45) is 17.6 Å². The molecule has 1 amide bonds. The first-order valence-corrected chi connectivity index (χ1v) is 6.88. The fourth-order valence-corrected chi connectivity index (χ4v) is 2.14. The van der Waals surface area contributed by atoms with E-state index in [0.717, 1.165) is 5.92 Å². The number of carbonyl (C=O) groups is 1. The third-order valence-corrected chi connectivity index (χ3v) is 3.56. The molecule has 1 saturated carbocycles. The molecule has 3 nitrogen and oxygen atoms in total. The molecule has 0 spiro atoms. The van der Waals surface area contributed by atoms with Crippen molar-refractivity contribution in [1.82, 2.24) is 5.32 Å². The standard InChI is InChI=1S/C16H19FN2O/c1-11(12-4-5-12)10-19-16(20)15-9-14(17)7-6-13(15)3-2-8-18/h6-7,9,11-12H,4-5,8,10,18H2,1H3,(H,19,20). The minimum absolute atomic E-state index is 0.206. The molecule has 0 saturated heterocycles. The van der Waals surface area contributed by atoms with Crippen LogP contribution in [-0.4, -0.2) is 19.0 Å². The second kappa shape index (κ2) is 6.53. The fourth-order valence-electron chi connectivity index (χ4n) is 2.14. The van der Waals surface area contributed by atoms with Crippen LogP contribution in [0, 0.1) is 29.5 Å². The maximum absolute atomic E-state index is 13.3. The Morgan fingerprint density at radius 2 is 2.30 bits per heavy atom. The van der Waals surface area contributed by atoms with Gasteiger partial charge in [0.15, 0.2) is 0 Å². The predicted octanol–water partition coefficient (Wildman–Crippen LogP) is 1.91. The summed E-state index contributed by atoms with van der Waals surface area (Å²) in [6, 6.07) is 4.03. The van der Waals surface area contributed by atoms with Crippen LogP contribution < -0.4 is 11.1 Å². The molecule has 0 aliphatic heterocycles. The average molecular weight is 274 g/mol. The molecule has 0 radical (unpaired) electrons. The summed E-state index contributed by atoms with van der Waals surface area (Å²) in [5, 5.41) is 2.86. The average Bonchev–Trinajstić information content (AvgIpc) is 3.27. The number of hydrogen-bond acceptors (Lipinski definition) is 2. The highest BCUT2D eigenvalue weighted by Gasteiger charge is 2.28. The molecule has 1 atom stereocenters. The van der Waals surface area contributed by atoms with E-state index in [2.05, 4.69) is 24.1 Å². The topological polar surface area (TPSA) is 55.1 Å². The summed E-state index contributed by atoms with van der Waals surface area (Å²) in [5.74, 6) is 5.95. The van der Waals surface area contributed by atoms with E-state index >= 15 is 0 Å². The lowest BCUT2D eigenvalue weighted by molar-refractivity contribution is 0.0946. The number of hydrogen-bond donors (Lipinski definition) is 2. The molecular weight excluding hydrogens is 255 g/mol. The van der Waals surface area contributed by atoms with Gasteiger partial charge in [-0.2, -0.15) is 0 Å². The second-order valence-electron chi connectivity index (χ2n) is 5.22. The van der Waals surface area contributed by atoms with E-state index < -0.39 is 5.82 Å². The summed E-state index contributed by atoms with van der Waals surface area (Å²) in [4.78, 5) is 12.2. The first kappa shape index (κ1) is 14.5. The van der Waals surface area contributed by atoms with Crippen molar-refractivity contribution in [2.75, 3.05) is 13.1 Å². The predicted molar refractivity (Wildman–Crippen MR) is 76.6 cm³/mol.